The summed E-state index contributed by atoms with van der Waals surface area (Å²) in [5.41, 5.74) is 1.11. The van der Waals surface area contributed by atoms with E-state index in [-0.39, 0.29) is 17.3 Å². The first-order valence-corrected chi connectivity index (χ1v) is 9.49. The Bertz CT molecular complexity index is 909. The number of likely N-dealkylation sites (N-methyl/N-ethyl adjacent to an activating group) is 1. The minimum absolute atomic E-state index is 0.000585. The normalized spacial score (nSPS) is 11.4. The van der Waals surface area contributed by atoms with Gasteiger partial charge < -0.3 is 4.74 Å². The number of ether oxygens (including phenoxy) is 1. The average Bonchev–Trinajstić information content (AvgIpc) is 2.60. The highest BCUT2D eigenvalue weighted by atomic mass is 35.5. The molecule has 0 N–H and O–H groups in total. The van der Waals surface area contributed by atoms with Crippen LogP contribution in [0.15, 0.2) is 53.4 Å². The van der Waals surface area contributed by atoms with Gasteiger partial charge in [-0.3, -0.25) is 9.59 Å². The van der Waals surface area contributed by atoms with Gasteiger partial charge in [-0.2, -0.15) is 4.31 Å². The standard InChI is InChI=1S/C18H18ClNO5S/c1-13(21)15-6-8-17(9-7-15)26(23,24)20(2)11-18(22)25-12-14-4-3-5-16(19)10-14/h3-10H,11-12H2,1-2H3. The van der Waals surface area contributed by atoms with E-state index in [0.29, 0.717) is 16.1 Å². The van der Waals surface area contributed by atoms with E-state index in [1.54, 1.807) is 24.3 Å². The Morgan fingerprint density at radius 1 is 1.12 bits per heavy atom. The predicted molar refractivity (Wildman–Crippen MR) is 97.5 cm³/mol. The molecule has 0 bridgehead atoms. The molecule has 0 saturated heterocycles. The number of carbonyl (C=O) groups excluding carboxylic acids is 2. The second kappa shape index (κ2) is 8.44. The SMILES string of the molecule is CC(=O)c1ccc(S(=O)(=O)N(C)CC(=O)OCc2cccc(Cl)c2)cc1. The van der Waals surface area contributed by atoms with Crippen LogP contribution in [-0.4, -0.2) is 38.1 Å². The van der Waals surface area contributed by atoms with Crippen LogP contribution in [0.4, 0.5) is 0 Å². The van der Waals surface area contributed by atoms with Crippen molar-refractivity contribution in [3.05, 3.63) is 64.7 Å². The highest BCUT2D eigenvalue weighted by Gasteiger charge is 2.23. The Balaban J connectivity index is 1.99. The van der Waals surface area contributed by atoms with Gasteiger partial charge in [0.05, 0.1) is 4.90 Å². The maximum Gasteiger partial charge on any atom is 0.321 e. The first-order chi connectivity index (χ1) is 12.2. The lowest BCUT2D eigenvalue weighted by atomic mass is 10.2. The maximum atomic E-state index is 12.5. The lowest BCUT2D eigenvalue weighted by Gasteiger charge is -2.16. The number of carbonyl (C=O) groups is 2. The Morgan fingerprint density at radius 3 is 2.35 bits per heavy atom. The van der Waals surface area contributed by atoms with E-state index in [1.165, 1.54) is 38.2 Å². The Labute approximate surface area is 157 Å². The molecule has 26 heavy (non-hydrogen) atoms. The number of nitrogens with zero attached hydrogens (tertiary/aromatic N) is 1. The number of sulfonamides is 1. The van der Waals surface area contributed by atoms with Crippen molar-refractivity contribution in [1.82, 2.24) is 4.31 Å². The smallest absolute Gasteiger partial charge is 0.321 e. The summed E-state index contributed by atoms with van der Waals surface area (Å²) in [6, 6.07) is 12.4. The van der Waals surface area contributed by atoms with Crippen molar-refractivity contribution >= 4 is 33.4 Å². The quantitative estimate of drug-likeness (QED) is 0.532. The molecule has 0 radical (unpaired) electrons. The summed E-state index contributed by atoms with van der Waals surface area (Å²) < 4.78 is 31.0. The highest BCUT2D eigenvalue weighted by molar-refractivity contribution is 7.89. The van der Waals surface area contributed by atoms with E-state index < -0.39 is 22.5 Å². The van der Waals surface area contributed by atoms with E-state index in [4.69, 9.17) is 16.3 Å². The van der Waals surface area contributed by atoms with Crippen LogP contribution in [-0.2, 0) is 26.2 Å². The number of hydrogen-bond donors (Lipinski definition) is 0. The van der Waals surface area contributed by atoms with Crippen LogP contribution in [0.1, 0.15) is 22.8 Å². The third-order valence-electron chi connectivity index (χ3n) is 3.61. The molecule has 2 aromatic carbocycles. The minimum Gasteiger partial charge on any atom is -0.460 e. The Morgan fingerprint density at radius 2 is 1.77 bits per heavy atom. The first kappa shape index (κ1) is 20.1. The number of esters is 1. The molecule has 0 fully saturated rings. The zero-order chi connectivity index (χ0) is 19.3. The molecule has 6 nitrogen and oxygen atoms in total. The van der Waals surface area contributed by atoms with Crippen LogP contribution in [0.2, 0.25) is 5.02 Å². The van der Waals surface area contributed by atoms with Gasteiger partial charge in [-0.05, 0) is 36.8 Å². The number of Topliss-reactive ketones (excluding diaryl/α,β-unsaturated/α-hetero) is 1. The van der Waals surface area contributed by atoms with Crippen LogP contribution in [0.25, 0.3) is 0 Å². The summed E-state index contributed by atoms with van der Waals surface area (Å²) in [7, 11) is -2.58. The first-order valence-electron chi connectivity index (χ1n) is 7.67. The van der Waals surface area contributed by atoms with Gasteiger partial charge in [0, 0.05) is 17.6 Å². The molecule has 0 amide bonds. The fourth-order valence-corrected chi connectivity index (χ4v) is 3.47. The van der Waals surface area contributed by atoms with E-state index in [1.807, 2.05) is 0 Å². The molecule has 8 heteroatoms. The van der Waals surface area contributed by atoms with Crippen LogP contribution in [0.5, 0.6) is 0 Å². The average molecular weight is 396 g/mol. The molecule has 0 aromatic heterocycles. The van der Waals surface area contributed by atoms with Crippen LogP contribution in [0, 0.1) is 0 Å². The van der Waals surface area contributed by atoms with Gasteiger partial charge >= 0.3 is 5.97 Å². The van der Waals surface area contributed by atoms with E-state index in [9.17, 15) is 18.0 Å². The molecule has 0 spiro atoms. The molecular weight excluding hydrogens is 378 g/mol. The molecule has 0 aliphatic heterocycles. The van der Waals surface area contributed by atoms with Gasteiger partial charge in [-0.1, -0.05) is 35.9 Å². The van der Waals surface area contributed by atoms with Crippen molar-refractivity contribution in [3.63, 3.8) is 0 Å². The fourth-order valence-electron chi connectivity index (χ4n) is 2.14. The molecule has 2 aromatic rings. The molecule has 0 aliphatic carbocycles. The second-order valence-electron chi connectivity index (χ2n) is 5.63. The van der Waals surface area contributed by atoms with Crippen molar-refractivity contribution in [2.24, 2.45) is 0 Å². The molecule has 0 atom stereocenters. The van der Waals surface area contributed by atoms with Crippen molar-refractivity contribution in [1.29, 1.82) is 0 Å². The zero-order valence-corrected chi connectivity index (χ0v) is 15.9. The summed E-state index contributed by atoms with van der Waals surface area (Å²) in [5.74, 6) is -0.844. The molecule has 0 saturated carbocycles. The second-order valence-corrected chi connectivity index (χ2v) is 8.11. The van der Waals surface area contributed by atoms with Gasteiger partial charge in [0.2, 0.25) is 10.0 Å². The summed E-state index contributed by atoms with van der Waals surface area (Å²) in [4.78, 5) is 23.2. The molecule has 138 valence electrons. The van der Waals surface area contributed by atoms with Gasteiger partial charge in [0.25, 0.3) is 0 Å². The van der Waals surface area contributed by atoms with Gasteiger partial charge in [-0.25, -0.2) is 8.42 Å². The van der Waals surface area contributed by atoms with Crippen molar-refractivity contribution in [2.45, 2.75) is 18.4 Å². The summed E-state index contributed by atoms with van der Waals surface area (Å²) in [5, 5.41) is 0.521. The third kappa shape index (κ3) is 5.14. The minimum atomic E-state index is -3.87. The van der Waals surface area contributed by atoms with Crippen LogP contribution < -0.4 is 0 Å². The molecule has 0 aliphatic rings. The molecule has 2 rings (SSSR count). The number of ketones is 1. The number of hydrogen-bond acceptors (Lipinski definition) is 5. The number of benzene rings is 2. The highest BCUT2D eigenvalue weighted by Crippen LogP contribution is 2.16. The Kier molecular flexibility index (Phi) is 6.52. The number of rotatable bonds is 7. The summed E-state index contributed by atoms with van der Waals surface area (Å²) in [6.07, 6.45) is 0. The number of halogens is 1. The van der Waals surface area contributed by atoms with Crippen molar-refractivity contribution in [2.75, 3.05) is 13.6 Å². The topological polar surface area (TPSA) is 80.8 Å². The van der Waals surface area contributed by atoms with Crippen LogP contribution >= 0.6 is 11.6 Å². The van der Waals surface area contributed by atoms with Crippen molar-refractivity contribution < 1.29 is 22.7 Å². The zero-order valence-electron chi connectivity index (χ0n) is 14.3. The van der Waals surface area contributed by atoms with E-state index in [0.717, 1.165) is 4.31 Å². The molecule has 0 unspecified atom stereocenters. The molecular formula is C18H18ClNO5S. The van der Waals surface area contributed by atoms with Crippen LogP contribution in [0.3, 0.4) is 0 Å². The van der Waals surface area contributed by atoms with Gasteiger partial charge in [0.1, 0.15) is 13.2 Å². The maximum absolute atomic E-state index is 12.5. The third-order valence-corrected chi connectivity index (χ3v) is 5.66. The fraction of sp³-hybridized carbons (Fsp3) is 0.222. The van der Waals surface area contributed by atoms with Gasteiger partial charge in [0.15, 0.2) is 5.78 Å². The summed E-state index contributed by atoms with van der Waals surface area (Å²) >= 11 is 5.85. The van der Waals surface area contributed by atoms with E-state index in [2.05, 4.69) is 0 Å². The van der Waals surface area contributed by atoms with Crippen molar-refractivity contribution in [3.8, 4) is 0 Å². The summed E-state index contributed by atoms with van der Waals surface area (Å²) in [6.45, 7) is 0.962. The lowest BCUT2D eigenvalue weighted by Crippen LogP contribution is -2.33. The van der Waals surface area contributed by atoms with E-state index >= 15 is 0 Å². The van der Waals surface area contributed by atoms with Gasteiger partial charge in [-0.15, -0.1) is 0 Å². The lowest BCUT2D eigenvalue weighted by molar-refractivity contribution is -0.144. The monoisotopic (exact) mass is 395 g/mol. The Hall–Kier alpha value is -2.22. The predicted octanol–water partition coefficient (Wildman–Crippen LogP) is 2.91. The largest absolute Gasteiger partial charge is 0.460 e. The molecule has 0 heterocycles.